The van der Waals surface area contributed by atoms with Crippen molar-refractivity contribution in [2.75, 3.05) is 5.33 Å². The lowest BCUT2D eigenvalue weighted by atomic mass is 9.93. The van der Waals surface area contributed by atoms with E-state index in [0.717, 1.165) is 11.4 Å². The Kier molecular flexibility index (Phi) is 4.70. The van der Waals surface area contributed by atoms with Crippen molar-refractivity contribution in [3.63, 3.8) is 0 Å². The zero-order valence-electron chi connectivity index (χ0n) is 10.7. The van der Waals surface area contributed by atoms with Crippen molar-refractivity contribution < 1.29 is 8.78 Å². The van der Waals surface area contributed by atoms with Crippen LogP contribution in [0.2, 0.25) is 0 Å². The van der Waals surface area contributed by atoms with Gasteiger partial charge in [0.2, 0.25) is 0 Å². The van der Waals surface area contributed by atoms with Gasteiger partial charge in [0.05, 0.1) is 0 Å². The van der Waals surface area contributed by atoms with Gasteiger partial charge in [0.1, 0.15) is 11.6 Å². The Balaban J connectivity index is 2.21. The summed E-state index contributed by atoms with van der Waals surface area (Å²) in [5.74, 6) is -0.832. The standard InChI is InChI=1S/C16H15BrF2/c1-11-2-4-13(5-3-11)14(10-17)6-12-7-15(18)9-16(19)8-12/h2-5,7-9,14H,6,10H2,1H3. The molecule has 0 saturated heterocycles. The third-order valence-electron chi connectivity index (χ3n) is 3.14. The number of hydrogen-bond acceptors (Lipinski definition) is 0. The molecule has 3 heteroatoms. The van der Waals surface area contributed by atoms with E-state index in [4.69, 9.17) is 0 Å². The Morgan fingerprint density at radius 3 is 2.11 bits per heavy atom. The molecular weight excluding hydrogens is 310 g/mol. The number of benzene rings is 2. The molecule has 100 valence electrons. The van der Waals surface area contributed by atoms with Crippen LogP contribution in [-0.4, -0.2) is 5.33 Å². The smallest absolute Gasteiger partial charge is 0.126 e. The van der Waals surface area contributed by atoms with E-state index in [1.165, 1.54) is 23.3 Å². The molecule has 0 saturated carbocycles. The van der Waals surface area contributed by atoms with Crippen LogP contribution < -0.4 is 0 Å². The van der Waals surface area contributed by atoms with E-state index in [-0.39, 0.29) is 5.92 Å². The van der Waals surface area contributed by atoms with Crippen LogP contribution in [-0.2, 0) is 6.42 Å². The second kappa shape index (κ2) is 6.29. The number of aryl methyl sites for hydroxylation is 1. The molecule has 1 atom stereocenters. The van der Waals surface area contributed by atoms with Crippen LogP contribution in [0.4, 0.5) is 8.78 Å². The molecule has 0 spiro atoms. The Bertz CT molecular complexity index is 529. The fourth-order valence-electron chi connectivity index (χ4n) is 2.11. The van der Waals surface area contributed by atoms with Crippen LogP contribution in [0.15, 0.2) is 42.5 Å². The fourth-order valence-corrected chi connectivity index (χ4v) is 2.72. The summed E-state index contributed by atoms with van der Waals surface area (Å²) in [6.45, 7) is 2.04. The highest BCUT2D eigenvalue weighted by molar-refractivity contribution is 9.09. The first-order chi connectivity index (χ1) is 9.08. The molecule has 0 fully saturated rings. The van der Waals surface area contributed by atoms with E-state index in [9.17, 15) is 8.78 Å². The van der Waals surface area contributed by atoms with Gasteiger partial charge in [0.25, 0.3) is 0 Å². The molecule has 0 aliphatic rings. The maximum atomic E-state index is 13.2. The van der Waals surface area contributed by atoms with E-state index in [2.05, 4.69) is 40.2 Å². The van der Waals surface area contributed by atoms with E-state index in [1.54, 1.807) is 0 Å². The minimum atomic E-state index is -0.521. The van der Waals surface area contributed by atoms with Crippen LogP contribution in [0.25, 0.3) is 0 Å². The van der Waals surface area contributed by atoms with Gasteiger partial charge in [0, 0.05) is 11.4 Å². The molecule has 0 aromatic heterocycles. The molecule has 0 bridgehead atoms. The van der Waals surface area contributed by atoms with Crippen molar-refractivity contribution in [2.45, 2.75) is 19.3 Å². The first-order valence-corrected chi connectivity index (χ1v) is 7.28. The summed E-state index contributed by atoms with van der Waals surface area (Å²) in [5.41, 5.74) is 3.06. The largest absolute Gasteiger partial charge is 0.207 e. The summed E-state index contributed by atoms with van der Waals surface area (Å²) >= 11 is 3.48. The number of hydrogen-bond donors (Lipinski definition) is 0. The molecule has 0 aliphatic heterocycles. The average molecular weight is 325 g/mol. The van der Waals surface area contributed by atoms with E-state index >= 15 is 0 Å². The lowest BCUT2D eigenvalue weighted by molar-refractivity contribution is 0.577. The van der Waals surface area contributed by atoms with Crippen molar-refractivity contribution in [3.05, 3.63) is 70.8 Å². The third kappa shape index (κ3) is 3.87. The van der Waals surface area contributed by atoms with Crippen molar-refractivity contribution in [2.24, 2.45) is 0 Å². The highest BCUT2D eigenvalue weighted by Crippen LogP contribution is 2.24. The van der Waals surface area contributed by atoms with Crippen LogP contribution in [0.5, 0.6) is 0 Å². The van der Waals surface area contributed by atoms with Crippen LogP contribution in [0.3, 0.4) is 0 Å². The molecule has 0 aliphatic carbocycles. The molecule has 1 unspecified atom stereocenters. The summed E-state index contributed by atoms with van der Waals surface area (Å²) < 4.78 is 26.4. The molecule has 0 amide bonds. The van der Waals surface area contributed by atoms with Gasteiger partial charge >= 0.3 is 0 Å². The van der Waals surface area contributed by atoms with Gasteiger partial charge in [-0.25, -0.2) is 8.78 Å². The quantitative estimate of drug-likeness (QED) is 0.695. The molecular formula is C16H15BrF2. The zero-order chi connectivity index (χ0) is 13.8. The van der Waals surface area contributed by atoms with Crippen molar-refractivity contribution in [1.29, 1.82) is 0 Å². The Labute approximate surface area is 120 Å². The lowest BCUT2D eigenvalue weighted by Crippen LogP contribution is -2.05. The summed E-state index contributed by atoms with van der Waals surface area (Å²) in [7, 11) is 0. The van der Waals surface area contributed by atoms with Crippen LogP contribution in [0, 0.1) is 18.6 Å². The van der Waals surface area contributed by atoms with Gasteiger partial charge in [-0.05, 0) is 42.5 Å². The molecule has 0 radical (unpaired) electrons. The van der Waals surface area contributed by atoms with E-state index < -0.39 is 11.6 Å². The second-order valence-corrected chi connectivity index (χ2v) is 5.39. The number of alkyl halides is 1. The Morgan fingerprint density at radius 1 is 1.00 bits per heavy atom. The maximum Gasteiger partial charge on any atom is 0.126 e. The molecule has 2 rings (SSSR count). The summed E-state index contributed by atoms with van der Waals surface area (Å²) in [6, 6.07) is 11.9. The molecule has 2 aromatic carbocycles. The highest BCUT2D eigenvalue weighted by Gasteiger charge is 2.12. The minimum absolute atomic E-state index is 0.210. The van der Waals surface area contributed by atoms with Gasteiger partial charge in [-0.2, -0.15) is 0 Å². The molecule has 0 nitrogen and oxygen atoms in total. The van der Waals surface area contributed by atoms with Crippen LogP contribution >= 0.6 is 15.9 Å². The Hall–Kier alpha value is -1.22. The average Bonchev–Trinajstić information content (AvgIpc) is 2.36. The van der Waals surface area contributed by atoms with Crippen molar-refractivity contribution >= 4 is 15.9 Å². The monoisotopic (exact) mass is 324 g/mol. The highest BCUT2D eigenvalue weighted by atomic mass is 79.9. The zero-order valence-corrected chi connectivity index (χ0v) is 12.3. The van der Waals surface area contributed by atoms with E-state index in [1.807, 2.05) is 6.92 Å². The fraction of sp³-hybridized carbons (Fsp3) is 0.250. The van der Waals surface area contributed by atoms with Crippen molar-refractivity contribution in [3.8, 4) is 0 Å². The molecule has 0 N–H and O–H groups in total. The van der Waals surface area contributed by atoms with Gasteiger partial charge in [-0.15, -0.1) is 0 Å². The molecule has 2 aromatic rings. The van der Waals surface area contributed by atoms with Crippen LogP contribution in [0.1, 0.15) is 22.6 Å². The predicted molar refractivity (Wildman–Crippen MR) is 77.8 cm³/mol. The molecule has 0 heterocycles. The first-order valence-electron chi connectivity index (χ1n) is 6.16. The van der Waals surface area contributed by atoms with Gasteiger partial charge < -0.3 is 0 Å². The van der Waals surface area contributed by atoms with Gasteiger partial charge in [0.15, 0.2) is 0 Å². The number of rotatable bonds is 4. The third-order valence-corrected chi connectivity index (χ3v) is 3.92. The van der Waals surface area contributed by atoms with E-state index in [0.29, 0.717) is 12.0 Å². The Morgan fingerprint density at radius 2 is 1.58 bits per heavy atom. The van der Waals surface area contributed by atoms with Gasteiger partial charge in [-0.3, -0.25) is 0 Å². The second-order valence-electron chi connectivity index (χ2n) is 4.74. The normalized spacial score (nSPS) is 12.4. The van der Waals surface area contributed by atoms with Crippen molar-refractivity contribution in [1.82, 2.24) is 0 Å². The summed E-state index contributed by atoms with van der Waals surface area (Å²) in [5, 5.41) is 0.758. The predicted octanol–water partition coefficient (Wildman–Crippen LogP) is 4.99. The minimum Gasteiger partial charge on any atom is -0.207 e. The summed E-state index contributed by atoms with van der Waals surface area (Å²) in [6.07, 6.45) is 0.614. The molecule has 19 heavy (non-hydrogen) atoms. The lowest BCUT2D eigenvalue weighted by Gasteiger charge is -2.15. The maximum absolute atomic E-state index is 13.2. The number of halogens is 3. The summed E-state index contributed by atoms with van der Waals surface area (Å²) in [4.78, 5) is 0. The van der Waals surface area contributed by atoms with Gasteiger partial charge in [-0.1, -0.05) is 45.8 Å². The first kappa shape index (κ1) is 14.2. The SMILES string of the molecule is Cc1ccc(C(CBr)Cc2cc(F)cc(F)c2)cc1. The topological polar surface area (TPSA) is 0 Å².